The predicted molar refractivity (Wildman–Crippen MR) is 57.9 cm³/mol. The van der Waals surface area contributed by atoms with Gasteiger partial charge in [0, 0.05) is 0 Å². The first-order valence-corrected chi connectivity index (χ1v) is 6.78. The van der Waals surface area contributed by atoms with Crippen molar-refractivity contribution in [1.29, 1.82) is 0 Å². The smallest absolute Gasteiger partial charge is 0.254 e. The molecule has 1 aliphatic heterocycles. The first-order chi connectivity index (χ1) is 7.40. The van der Waals surface area contributed by atoms with Crippen LogP contribution in [0.1, 0.15) is 23.7 Å². The molecule has 16 heavy (non-hydrogen) atoms. The average molecular weight is 243 g/mol. The molecule has 6 heteroatoms. The molecule has 1 saturated heterocycles. The molecule has 0 aliphatic carbocycles. The largest absolute Gasteiger partial charge is 0.472 e. The van der Waals surface area contributed by atoms with E-state index >= 15 is 0 Å². The van der Waals surface area contributed by atoms with Gasteiger partial charge in [-0.1, -0.05) is 0 Å². The van der Waals surface area contributed by atoms with E-state index in [1.54, 1.807) is 13.0 Å². The van der Waals surface area contributed by atoms with E-state index in [1.165, 1.54) is 12.5 Å². The molecule has 2 heterocycles. The quantitative estimate of drug-likeness (QED) is 0.824. The Morgan fingerprint density at radius 2 is 2.31 bits per heavy atom. The van der Waals surface area contributed by atoms with Crippen molar-refractivity contribution in [3.63, 3.8) is 0 Å². The Labute approximate surface area is 93.7 Å². The van der Waals surface area contributed by atoms with Gasteiger partial charge in [0.05, 0.1) is 28.9 Å². The van der Waals surface area contributed by atoms with E-state index in [2.05, 4.69) is 5.32 Å². The van der Waals surface area contributed by atoms with Gasteiger partial charge in [0.15, 0.2) is 9.84 Å². The molecule has 0 saturated carbocycles. The zero-order valence-corrected chi connectivity index (χ0v) is 9.71. The van der Waals surface area contributed by atoms with Crippen LogP contribution >= 0.6 is 0 Å². The van der Waals surface area contributed by atoms with E-state index < -0.39 is 15.4 Å². The Morgan fingerprint density at radius 3 is 2.81 bits per heavy atom. The van der Waals surface area contributed by atoms with Crippen LogP contribution in [0.5, 0.6) is 0 Å². The van der Waals surface area contributed by atoms with Crippen molar-refractivity contribution >= 4 is 15.7 Å². The number of carbonyl (C=O) groups is 1. The Hall–Kier alpha value is -1.30. The molecule has 0 bridgehead atoms. The highest BCUT2D eigenvalue weighted by atomic mass is 32.2. The number of sulfone groups is 1. The zero-order valence-electron chi connectivity index (χ0n) is 8.89. The van der Waals surface area contributed by atoms with Crippen molar-refractivity contribution < 1.29 is 17.6 Å². The Bertz CT molecular complexity index is 491. The molecule has 0 spiro atoms. The molecule has 1 aliphatic rings. The van der Waals surface area contributed by atoms with Crippen LogP contribution in [0.2, 0.25) is 0 Å². The summed E-state index contributed by atoms with van der Waals surface area (Å²) < 4.78 is 27.5. The van der Waals surface area contributed by atoms with Crippen LogP contribution in [0.3, 0.4) is 0 Å². The number of amides is 1. The predicted octanol–water partition coefficient (Wildman–Crippen LogP) is 0.587. The number of nitrogens with one attached hydrogen (secondary N) is 1. The summed E-state index contributed by atoms with van der Waals surface area (Å²) in [5, 5.41) is 2.74. The van der Waals surface area contributed by atoms with Crippen molar-refractivity contribution in [3.8, 4) is 0 Å². The minimum atomic E-state index is -3.01. The molecule has 1 atom stereocenters. The van der Waals surface area contributed by atoms with Gasteiger partial charge in [0.1, 0.15) is 6.26 Å². The average Bonchev–Trinajstić information content (AvgIpc) is 2.73. The van der Waals surface area contributed by atoms with Gasteiger partial charge in [-0.15, -0.1) is 0 Å². The summed E-state index contributed by atoms with van der Waals surface area (Å²) in [6, 6.07) is 1.54. The number of carbonyl (C=O) groups excluding carboxylic acids is 1. The van der Waals surface area contributed by atoms with E-state index in [-0.39, 0.29) is 17.4 Å². The van der Waals surface area contributed by atoms with Gasteiger partial charge in [0.2, 0.25) is 0 Å². The summed E-state index contributed by atoms with van der Waals surface area (Å²) >= 11 is 0. The molecule has 2 rings (SSSR count). The third kappa shape index (κ3) is 2.27. The minimum absolute atomic E-state index is 0.00356. The van der Waals surface area contributed by atoms with Crippen molar-refractivity contribution in [2.24, 2.45) is 0 Å². The fourth-order valence-corrected chi connectivity index (χ4v) is 3.94. The molecule has 0 aromatic carbocycles. The fourth-order valence-electron chi connectivity index (χ4n) is 1.85. The summed E-state index contributed by atoms with van der Waals surface area (Å²) in [6.45, 7) is 1.75. The lowest BCUT2D eigenvalue weighted by molar-refractivity contribution is 0.0915. The summed E-state index contributed by atoms with van der Waals surface area (Å²) in [4.78, 5) is 11.7. The van der Waals surface area contributed by atoms with Crippen LogP contribution in [0, 0.1) is 0 Å². The lowest BCUT2D eigenvalue weighted by Gasteiger charge is -2.23. The van der Waals surface area contributed by atoms with E-state index in [0.717, 1.165) is 0 Å². The van der Waals surface area contributed by atoms with Crippen LogP contribution < -0.4 is 5.32 Å². The summed E-state index contributed by atoms with van der Waals surface area (Å²) in [5.74, 6) is -0.160. The normalized spacial score (nSPS) is 27.8. The topological polar surface area (TPSA) is 76.4 Å². The van der Waals surface area contributed by atoms with Gasteiger partial charge < -0.3 is 9.73 Å². The monoisotopic (exact) mass is 243 g/mol. The summed E-state index contributed by atoms with van der Waals surface area (Å²) in [6.07, 6.45) is 3.20. The number of rotatable bonds is 2. The third-order valence-electron chi connectivity index (χ3n) is 2.70. The lowest BCUT2D eigenvalue weighted by atomic mass is 10.0. The highest BCUT2D eigenvalue weighted by molar-refractivity contribution is 7.91. The molecule has 5 nitrogen and oxygen atoms in total. The maximum Gasteiger partial charge on any atom is 0.254 e. The highest BCUT2D eigenvalue weighted by Crippen LogP contribution is 2.23. The third-order valence-corrected chi connectivity index (χ3v) is 4.61. The van der Waals surface area contributed by atoms with Crippen LogP contribution in [-0.4, -0.2) is 31.4 Å². The van der Waals surface area contributed by atoms with Crippen LogP contribution in [0.15, 0.2) is 23.0 Å². The maximum absolute atomic E-state index is 11.7. The fraction of sp³-hybridized carbons (Fsp3) is 0.500. The Balaban J connectivity index is 2.09. The van der Waals surface area contributed by atoms with Gasteiger partial charge in [0.25, 0.3) is 5.91 Å². The van der Waals surface area contributed by atoms with Gasteiger partial charge in [-0.3, -0.25) is 4.79 Å². The van der Waals surface area contributed by atoms with E-state index in [1.807, 2.05) is 0 Å². The van der Waals surface area contributed by atoms with Crippen molar-refractivity contribution in [3.05, 3.63) is 24.2 Å². The molecule has 1 amide bonds. The van der Waals surface area contributed by atoms with Gasteiger partial charge in [-0.05, 0) is 19.4 Å². The minimum Gasteiger partial charge on any atom is -0.472 e. The van der Waals surface area contributed by atoms with Gasteiger partial charge in [-0.2, -0.15) is 0 Å². The number of hydrogen-bond acceptors (Lipinski definition) is 4. The second kappa shape index (κ2) is 3.62. The molecule has 1 fully saturated rings. The first kappa shape index (κ1) is 11.2. The Morgan fingerprint density at radius 1 is 1.56 bits per heavy atom. The lowest BCUT2D eigenvalue weighted by Crippen LogP contribution is -2.46. The SMILES string of the molecule is C[C@]1(NC(=O)c2ccoc2)CCS(=O)(=O)C1. The van der Waals surface area contributed by atoms with E-state index in [0.29, 0.717) is 12.0 Å². The molecular weight excluding hydrogens is 230 g/mol. The molecule has 88 valence electrons. The Kier molecular flexibility index (Phi) is 2.53. The van der Waals surface area contributed by atoms with E-state index in [4.69, 9.17) is 4.42 Å². The van der Waals surface area contributed by atoms with Crippen LogP contribution in [-0.2, 0) is 9.84 Å². The molecule has 1 N–H and O–H groups in total. The zero-order chi connectivity index (χ0) is 11.8. The van der Waals surface area contributed by atoms with Gasteiger partial charge >= 0.3 is 0 Å². The second-order valence-corrected chi connectivity index (χ2v) is 6.55. The van der Waals surface area contributed by atoms with Crippen molar-refractivity contribution in [2.45, 2.75) is 18.9 Å². The summed E-state index contributed by atoms with van der Waals surface area (Å²) in [5.41, 5.74) is -0.252. The molecular formula is C10H13NO4S. The number of hydrogen-bond donors (Lipinski definition) is 1. The van der Waals surface area contributed by atoms with Gasteiger partial charge in [-0.25, -0.2) is 8.42 Å². The molecule has 0 radical (unpaired) electrons. The van der Waals surface area contributed by atoms with Crippen molar-refractivity contribution in [2.75, 3.05) is 11.5 Å². The number of furan rings is 1. The molecule has 0 unspecified atom stereocenters. The maximum atomic E-state index is 11.7. The highest BCUT2D eigenvalue weighted by Gasteiger charge is 2.39. The molecule has 1 aromatic rings. The molecule has 1 aromatic heterocycles. The van der Waals surface area contributed by atoms with Crippen molar-refractivity contribution in [1.82, 2.24) is 5.32 Å². The van der Waals surface area contributed by atoms with Crippen LogP contribution in [0.4, 0.5) is 0 Å². The summed E-state index contributed by atoms with van der Waals surface area (Å²) in [7, 11) is -3.01. The van der Waals surface area contributed by atoms with Crippen LogP contribution in [0.25, 0.3) is 0 Å². The standard InChI is InChI=1S/C10H13NO4S/c1-10(3-5-16(13,14)7-10)11-9(12)8-2-4-15-6-8/h2,4,6H,3,5,7H2,1H3,(H,11,12)/t10-/m0/s1. The van der Waals surface area contributed by atoms with E-state index in [9.17, 15) is 13.2 Å². The first-order valence-electron chi connectivity index (χ1n) is 4.95. The second-order valence-electron chi connectivity index (χ2n) is 4.37.